The molecule has 0 spiro atoms. The zero-order chi connectivity index (χ0) is 15.0. The predicted octanol–water partition coefficient (Wildman–Crippen LogP) is 4.57. The molecule has 5 heteroatoms. The summed E-state index contributed by atoms with van der Waals surface area (Å²) in [5.41, 5.74) is 0.442. The summed E-state index contributed by atoms with van der Waals surface area (Å²) in [6.07, 6.45) is 0. The van der Waals surface area contributed by atoms with Gasteiger partial charge in [0.25, 0.3) is 0 Å². The van der Waals surface area contributed by atoms with Crippen LogP contribution >= 0.6 is 15.9 Å². The molecular weight excluding hydrogens is 339 g/mol. The third-order valence-electron chi connectivity index (χ3n) is 3.13. The lowest BCUT2D eigenvalue weighted by atomic mass is 10.1. The van der Waals surface area contributed by atoms with Gasteiger partial charge in [-0.2, -0.15) is 0 Å². The highest BCUT2D eigenvalue weighted by Crippen LogP contribution is 2.28. The molecule has 0 N–H and O–H groups in total. The lowest BCUT2D eigenvalue weighted by molar-refractivity contribution is 0.101. The van der Waals surface area contributed by atoms with Crippen LogP contribution in [0.5, 0.6) is 5.75 Å². The van der Waals surface area contributed by atoms with Crippen LogP contribution in [0.2, 0.25) is 0 Å². The predicted molar refractivity (Wildman–Crippen MR) is 80.3 cm³/mol. The molecule has 0 radical (unpaired) electrons. The molecule has 1 heterocycles. The Balaban J connectivity index is 2.10. The van der Waals surface area contributed by atoms with E-state index in [0.717, 1.165) is 4.47 Å². The van der Waals surface area contributed by atoms with Crippen LogP contribution in [0, 0.1) is 5.82 Å². The molecule has 3 aromatic rings. The van der Waals surface area contributed by atoms with Crippen LogP contribution in [0.15, 0.2) is 51.4 Å². The minimum absolute atomic E-state index is 0.0794. The average Bonchev–Trinajstić information content (AvgIpc) is 2.92. The van der Waals surface area contributed by atoms with Gasteiger partial charge in [-0.3, -0.25) is 4.79 Å². The van der Waals surface area contributed by atoms with Crippen LogP contribution in [-0.4, -0.2) is 12.9 Å². The smallest absolute Gasteiger partial charge is 0.231 e. The fourth-order valence-corrected chi connectivity index (χ4v) is 2.46. The molecule has 0 saturated heterocycles. The summed E-state index contributed by atoms with van der Waals surface area (Å²) in [5.74, 6) is -0.338. The molecule has 0 atom stereocenters. The van der Waals surface area contributed by atoms with E-state index in [1.165, 1.54) is 19.2 Å². The highest BCUT2D eigenvalue weighted by Gasteiger charge is 2.19. The van der Waals surface area contributed by atoms with Gasteiger partial charge in [-0.05, 0) is 30.3 Å². The first kappa shape index (κ1) is 13.8. The highest BCUT2D eigenvalue weighted by molar-refractivity contribution is 9.10. The van der Waals surface area contributed by atoms with Crippen LogP contribution in [0.4, 0.5) is 4.39 Å². The molecule has 0 bridgehead atoms. The van der Waals surface area contributed by atoms with E-state index in [2.05, 4.69) is 15.9 Å². The SMILES string of the molecule is COc1cc(Br)ccc1C(=O)c1cc2cccc(F)c2o1. The van der Waals surface area contributed by atoms with Crippen molar-refractivity contribution in [2.45, 2.75) is 0 Å². The molecule has 0 aliphatic carbocycles. The second-order valence-electron chi connectivity index (χ2n) is 4.44. The van der Waals surface area contributed by atoms with Crippen LogP contribution in [0.3, 0.4) is 0 Å². The summed E-state index contributed by atoms with van der Waals surface area (Å²) < 4.78 is 25.0. The monoisotopic (exact) mass is 348 g/mol. The molecule has 0 saturated carbocycles. The fourth-order valence-electron chi connectivity index (χ4n) is 2.12. The average molecular weight is 349 g/mol. The quantitative estimate of drug-likeness (QED) is 0.650. The van der Waals surface area contributed by atoms with E-state index < -0.39 is 5.82 Å². The lowest BCUT2D eigenvalue weighted by Crippen LogP contribution is -2.02. The largest absolute Gasteiger partial charge is 0.496 e. The molecule has 1 aromatic heterocycles. The Morgan fingerprint density at radius 1 is 1.24 bits per heavy atom. The van der Waals surface area contributed by atoms with Gasteiger partial charge in [0.2, 0.25) is 5.78 Å². The third-order valence-corrected chi connectivity index (χ3v) is 3.62. The van der Waals surface area contributed by atoms with Crippen molar-refractivity contribution in [3.63, 3.8) is 0 Å². The van der Waals surface area contributed by atoms with Crippen molar-refractivity contribution in [2.75, 3.05) is 7.11 Å². The van der Waals surface area contributed by atoms with Gasteiger partial charge in [-0.1, -0.05) is 28.1 Å². The summed E-state index contributed by atoms with van der Waals surface area (Å²) in [6, 6.07) is 11.1. The minimum Gasteiger partial charge on any atom is -0.496 e. The zero-order valence-electron chi connectivity index (χ0n) is 11.0. The second-order valence-corrected chi connectivity index (χ2v) is 5.36. The van der Waals surface area contributed by atoms with Crippen molar-refractivity contribution < 1.29 is 18.3 Å². The number of benzene rings is 2. The Bertz CT molecular complexity index is 839. The number of carbonyl (C=O) groups excluding carboxylic acids is 1. The molecule has 0 unspecified atom stereocenters. The molecule has 21 heavy (non-hydrogen) atoms. The molecule has 3 rings (SSSR count). The third kappa shape index (κ3) is 2.45. The zero-order valence-corrected chi connectivity index (χ0v) is 12.6. The van der Waals surface area contributed by atoms with Crippen molar-refractivity contribution in [3.8, 4) is 5.75 Å². The fraction of sp³-hybridized carbons (Fsp3) is 0.0625. The van der Waals surface area contributed by atoms with Gasteiger partial charge in [-0.15, -0.1) is 0 Å². The number of hydrogen-bond donors (Lipinski definition) is 0. The number of rotatable bonds is 3. The molecule has 0 fully saturated rings. The van der Waals surface area contributed by atoms with E-state index in [-0.39, 0.29) is 17.1 Å². The Labute approximate surface area is 128 Å². The summed E-state index contributed by atoms with van der Waals surface area (Å²) >= 11 is 3.32. The topological polar surface area (TPSA) is 39.4 Å². The number of ether oxygens (including phenoxy) is 1. The van der Waals surface area contributed by atoms with E-state index in [4.69, 9.17) is 9.15 Å². The van der Waals surface area contributed by atoms with E-state index in [9.17, 15) is 9.18 Å². The van der Waals surface area contributed by atoms with Crippen molar-refractivity contribution in [1.82, 2.24) is 0 Å². The number of carbonyl (C=O) groups is 1. The Morgan fingerprint density at radius 2 is 2.05 bits per heavy atom. The minimum atomic E-state index is -0.491. The first-order valence-electron chi connectivity index (χ1n) is 6.16. The summed E-state index contributed by atoms with van der Waals surface area (Å²) in [4.78, 5) is 12.5. The molecule has 2 aromatic carbocycles. The summed E-state index contributed by atoms with van der Waals surface area (Å²) in [7, 11) is 1.48. The van der Waals surface area contributed by atoms with Gasteiger partial charge >= 0.3 is 0 Å². The number of hydrogen-bond acceptors (Lipinski definition) is 3. The van der Waals surface area contributed by atoms with Crippen LogP contribution in [0.1, 0.15) is 16.1 Å². The van der Waals surface area contributed by atoms with Crippen LogP contribution in [0.25, 0.3) is 11.0 Å². The van der Waals surface area contributed by atoms with Crippen LogP contribution in [-0.2, 0) is 0 Å². The van der Waals surface area contributed by atoms with Gasteiger partial charge in [0.05, 0.1) is 12.7 Å². The number of furan rings is 1. The molecule has 0 amide bonds. The summed E-state index contributed by atoms with van der Waals surface area (Å²) in [5, 5.41) is 0.550. The van der Waals surface area contributed by atoms with Crippen molar-refractivity contribution in [1.29, 1.82) is 0 Å². The number of fused-ring (bicyclic) bond motifs is 1. The van der Waals surface area contributed by atoms with Gasteiger partial charge < -0.3 is 9.15 Å². The van der Waals surface area contributed by atoms with Crippen molar-refractivity contribution in [2.24, 2.45) is 0 Å². The number of methoxy groups -OCH3 is 1. The van der Waals surface area contributed by atoms with Gasteiger partial charge in [0.1, 0.15) is 5.75 Å². The van der Waals surface area contributed by atoms with E-state index in [0.29, 0.717) is 16.7 Å². The normalized spacial score (nSPS) is 10.8. The Kier molecular flexibility index (Phi) is 3.51. The van der Waals surface area contributed by atoms with E-state index in [1.807, 2.05) is 0 Å². The van der Waals surface area contributed by atoms with E-state index in [1.54, 1.807) is 30.3 Å². The molecule has 0 aliphatic rings. The van der Waals surface area contributed by atoms with Gasteiger partial charge in [0, 0.05) is 9.86 Å². The maximum atomic E-state index is 13.6. The number of para-hydroxylation sites is 1. The second kappa shape index (κ2) is 5.33. The standard InChI is InChI=1S/C16H10BrFO3/c1-20-13-8-10(17)5-6-11(13)15(19)14-7-9-3-2-4-12(18)16(9)21-14/h2-8H,1H3. The maximum absolute atomic E-state index is 13.6. The maximum Gasteiger partial charge on any atom is 0.231 e. The Hall–Kier alpha value is -2.14. The molecule has 106 valence electrons. The molecule has 0 aliphatic heterocycles. The van der Waals surface area contributed by atoms with Gasteiger partial charge in [0.15, 0.2) is 17.2 Å². The van der Waals surface area contributed by atoms with Crippen molar-refractivity contribution in [3.05, 3.63) is 64.1 Å². The first-order valence-corrected chi connectivity index (χ1v) is 6.96. The molecule has 3 nitrogen and oxygen atoms in total. The lowest BCUT2D eigenvalue weighted by Gasteiger charge is -2.06. The van der Waals surface area contributed by atoms with Gasteiger partial charge in [-0.25, -0.2) is 4.39 Å². The first-order chi connectivity index (χ1) is 10.1. The highest BCUT2D eigenvalue weighted by atomic mass is 79.9. The Morgan fingerprint density at radius 3 is 2.76 bits per heavy atom. The molecular formula is C16H10BrFO3. The van der Waals surface area contributed by atoms with Crippen molar-refractivity contribution >= 4 is 32.7 Å². The van der Waals surface area contributed by atoms with Crippen LogP contribution < -0.4 is 4.74 Å². The van der Waals surface area contributed by atoms with E-state index >= 15 is 0 Å². The summed E-state index contributed by atoms with van der Waals surface area (Å²) in [6.45, 7) is 0. The number of halogens is 2. The number of ketones is 1.